The Balaban J connectivity index is 1.73. The Morgan fingerprint density at radius 1 is 1.09 bits per heavy atom. The maximum absolute atomic E-state index is 14.0. The average molecular weight is 456 g/mol. The van der Waals surface area contributed by atoms with Crippen LogP contribution in [0, 0.1) is 11.6 Å². The Morgan fingerprint density at radius 2 is 1.91 bits per heavy atom. The molecule has 3 aromatic heterocycles. The third-order valence-corrected chi connectivity index (χ3v) is 4.74. The fourth-order valence-corrected chi connectivity index (χ4v) is 3.30. The SMILES string of the molecule is O=C(c1cc2c(cn1)c(Nc1ncc(F)cc1F)nn2CC(F)(F)F)N1CCCOCC1. The van der Waals surface area contributed by atoms with E-state index in [0.717, 1.165) is 6.20 Å². The summed E-state index contributed by atoms with van der Waals surface area (Å²) in [5.41, 5.74) is -0.0860. The summed E-state index contributed by atoms with van der Waals surface area (Å²) in [5.74, 6) is -3.00. The highest BCUT2D eigenvalue weighted by Crippen LogP contribution is 2.29. The van der Waals surface area contributed by atoms with Crippen LogP contribution in [-0.4, -0.2) is 63.0 Å². The summed E-state index contributed by atoms with van der Waals surface area (Å²) >= 11 is 0. The highest BCUT2D eigenvalue weighted by molar-refractivity contribution is 5.98. The highest BCUT2D eigenvalue weighted by atomic mass is 19.4. The molecule has 4 rings (SSSR count). The number of hydrogen-bond donors (Lipinski definition) is 1. The van der Waals surface area contributed by atoms with Crippen molar-refractivity contribution in [2.24, 2.45) is 0 Å². The van der Waals surface area contributed by atoms with Crippen molar-refractivity contribution in [1.29, 1.82) is 0 Å². The maximum atomic E-state index is 14.0. The van der Waals surface area contributed by atoms with E-state index >= 15 is 0 Å². The summed E-state index contributed by atoms with van der Waals surface area (Å²) in [7, 11) is 0. The molecule has 0 radical (unpaired) electrons. The Kier molecular flexibility index (Phi) is 5.91. The number of alkyl halides is 3. The van der Waals surface area contributed by atoms with Crippen LogP contribution in [0.15, 0.2) is 24.5 Å². The van der Waals surface area contributed by atoms with Crippen LogP contribution in [0.2, 0.25) is 0 Å². The molecular formula is C19H17F5N6O2. The fraction of sp³-hybridized carbons (Fsp3) is 0.368. The molecule has 0 aromatic carbocycles. The third kappa shape index (κ3) is 4.77. The van der Waals surface area contributed by atoms with Crippen molar-refractivity contribution in [3.63, 3.8) is 0 Å². The van der Waals surface area contributed by atoms with Gasteiger partial charge in [-0.3, -0.25) is 14.5 Å². The number of pyridine rings is 2. The van der Waals surface area contributed by atoms with Crippen molar-refractivity contribution >= 4 is 28.4 Å². The van der Waals surface area contributed by atoms with E-state index in [2.05, 4.69) is 20.4 Å². The molecule has 1 fully saturated rings. The van der Waals surface area contributed by atoms with Crippen molar-refractivity contribution in [2.75, 3.05) is 31.6 Å². The number of halogens is 5. The van der Waals surface area contributed by atoms with E-state index in [9.17, 15) is 26.7 Å². The molecule has 1 saturated heterocycles. The molecule has 1 aliphatic rings. The summed E-state index contributed by atoms with van der Waals surface area (Å²) in [6, 6.07) is 1.78. The minimum absolute atomic E-state index is 0.0308. The molecule has 0 unspecified atom stereocenters. The van der Waals surface area contributed by atoms with E-state index in [1.54, 1.807) is 0 Å². The molecule has 0 saturated carbocycles. The number of ether oxygens (including phenoxy) is 1. The number of carbonyl (C=O) groups is 1. The minimum atomic E-state index is -4.61. The van der Waals surface area contributed by atoms with Crippen molar-refractivity contribution in [3.8, 4) is 0 Å². The Labute approximate surface area is 178 Å². The second-order valence-electron chi connectivity index (χ2n) is 7.08. The van der Waals surface area contributed by atoms with Gasteiger partial charge in [0.05, 0.1) is 23.7 Å². The predicted octanol–water partition coefficient (Wildman–Crippen LogP) is 3.27. The average Bonchev–Trinajstić information content (AvgIpc) is 2.90. The molecule has 32 heavy (non-hydrogen) atoms. The fourth-order valence-electron chi connectivity index (χ4n) is 3.30. The van der Waals surface area contributed by atoms with Gasteiger partial charge >= 0.3 is 6.18 Å². The number of hydrogen-bond acceptors (Lipinski definition) is 6. The van der Waals surface area contributed by atoms with Crippen LogP contribution >= 0.6 is 0 Å². The van der Waals surface area contributed by atoms with E-state index < -0.39 is 36.1 Å². The van der Waals surface area contributed by atoms with Crippen molar-refractivity contribution in [3.05, 3.63) is 41.9 Å². The van der Waals surface area contributed by atoms with Gasteiger partial charge in [0.25, 0.3) is 5.91 Å². The van der Waals surface area contributed by atoms with Crippen LogP contribution in [0.25, 0.3) is 10.9 Å². The van der Waals surface area contributed by atoms with Crippen LogP contribution in [0.5, 0.6) is 0 Å². The third-order valence-electron chi connectivity index (χ3n) is 4.74. The first-order valence-corrected chi connectivity index (χ1v) is 9.60. The molecular weight excluding hydrogens is 439 g/mol. The van der Waals surface area contributed by atoms with Crippen molar-refractivity contribution in [1.82, 2.24) is 24.6 Å². The Morgan fingerprint density at radius 3 is 2.66 bits per heavy atom. The molecule has 1 aliphatic heterocycles. The van der Waals surface area contributed by atoms with Crippen LogP contribution in [-0.2, 0) is 11.3 Å². The zero-order valence-corrected chi connectivity index (χ0v) is 16.5. The number of carbonyl (C=O) groups excluding carboxylic acids is 1. The highest BCUT2D eigenvalue weighted by Gasteiger charge is 2.31. The number of anilines is 2. The molecule has 170 valence electrons. The predicted molar refractivity (Wildman–Crippen MR) is 102 cm³/mol. The zero-order valence-electron chi connectivity index (χ0n) is 16.5. The Bertz CT molecular complexity index is 1140. The summed E-state index contributed by atoms with van der Waals surface area (Å²) in [6.07, 6.45) is -2.05. The quantitative estimate of drug-likeness (QED) is 0.607. The van der Waals surface area contributed by atoms with Crippen LogP contribution in [0.1, 0.15) is 16.9 Å². The first-order valence-electron chi connectivity index (χ1n) is 9.60. The van der Waals surface area contributed by atoms with Gasteiger partial charge in [0.15, 0.2) is 17.5 Å². The monoisotopic (exact) mass is 456 g/mol. The largest absolute Gasteiger partial charge is 0.408 e. The second kappa shape index (κ2) is 8.65. The standard InChI is InChI=1S/C19H17F5N6O2/c20-11-6-13(21)17(26-8-11)27-16-12-9-25-14(18(31)29-2-1-4-32-5-3-29)7-15(12)30(28-16)10-19(22,23)24/h6-9H,1-5,10H2,(H,26,27,28). The number of nitrogens with zero attached hydrogens (tertiary/aromatic N) is 5. The summed E-state index contributed by atoms with van der Waals surface area (Å²) in [5, 5.41) is 6.43. The number of amides is 1. The lowest BCUT2D eigenvalue weighted by Gasteiger charge is -2.19. The van der Waals surface area contributed by atoms with Crippen LogP contribution in [0.3, 0.4) is 0 Å². The van der Waals surface area contributed by atoms with Gasteiger partial charge in [-0.25, -0.2) is 13.8 Å². The lowest BCUT2D eigenvalue weighted by atomic mass is 10.2. The number of fused-ring (bicyclic) bond motifs is 1. The van der Waals surface area contributed by atoms with Crippen LogP contribution < -0.4 is 5.32 Å². The van der Waals surface area contributed by atoms with E-state index in [0.29, 0.717) is 43.5 Å². The lowest BCUT2D eigenvalue weighted by molar-refractivity contribution is -0.141. The first-order chi connectivity index (χ1) is 15.2. The first kappa shape index (κ1) is 21.9. The zero-order chi connectivity index (χ0) is 22.9. The summed E-state index contributed by atoms with van der Waals surface area (Å²) in [6.45, 7) is 0.187. The minimum Gasteiger partial charge on any atom is -0.380 e. The molecule has 0 atom stereocenters. The molecule has 0 spiro atoms. The second-order valence-corrected chi connectivity index (χ2v) is 7.08. The normalized spacial score (nSPS) is 15.1. The smallest absolute Gasteiger partial charge is 0.380 e. The molecule has 1 N–H and O–H groups in total. The topological polar surface area (TPSA) is 85.2 Å². The van der Waals surface area contributed by atoms with Gasteiger partial charge in [0, 0.05) is 32.0 Å². The van der Waals surface area contributed by atoms with Gasteiger partial charge in [-0.1, -0.05) is 0 Å². The van der Waals surface area contributed by atoms with Crippen molar-refractivity contribution < 1.29 is 31.5 Å². The van der Waals surface area contributed by atoms with E-state index in [4.69, 9.17) is 4.74 Å². The molecule has 4 heterocycles. The lowest BCUT2D eigenvalue weighted by Crippen LogP contribution is -2.33. The molecule has 8 nitrogen and oxygen atoms in total. The van der Waals surface area contributed by atoms with Gasteiger partial charge in [-0.15, -0.1) is 0 Å². The van der Waals surface area contributed by atoms with Crippen LogP contribution in [0.4, 0.5) is 33.6 Å². The maximum Gasteiger partial charge on any atom is 0.408 e. The molecule has 1 amide bonds. The molecule has 0 bridgehead atoms. The van der Waals surface area contributed by atoms with Gasteiger partial charge in [0.1, 0.15) is 18.1 Å². The van der Waals surface area contributed by atoms with Gasteiger partial charge in [-0.2, -0.15) is 18.3 Å². The molecule has 3 aromatic rings. The Hall–Kier alpha value is -3.35. The van der Waals surface area contributed by atoms with Crippen molar-refractivity contribution in [2.45, 2.75) is 19.1 Å². The number of nitrogens with one attached hydrogen (secondary N) is 1. The molecule has 13 heteroatoms. The summed E-state index contributed by atoms with van der Waals surface area (Å²) in [4.78, 5) is 22.0. The van der Waals surface area contributed by atoms with E-state index in [1.807, 2.05) is 0 Å². The summed E-state index contributed by atoms with van der Waals surface area (Å²) < 4.78 is 72.3. The number of aromatic nitrogens is 4. The van der Waals surface area contributed by atoms with Gasteiger partial charge in [0.2, 0.25) is 0 Å². The van der Waals surface area contributed by atoms with E-state index in [-0.39, 0.29) is 22.4 Å². The van der Waals surface area contributed by atoms with E-state index in [1.165, 1.54) is 17.2 Å². The van der Waals surface area contributed by atoms with Gasteiger partial charge < -0.3 is 15.0 Å². The van der Waals surface area contributed by atoms with Gasteiger partial charge in [-0.05, 0) is 12.5 Å². The molecule has 0 aliphatic carbocycles. The number of rotatable bonds is 4.